The standard InChI is InChI=1S/C19H28N2O3/c1-13(23-5)20-17(19(2,3)4)18(22)21-15(16-12-24-16)11-14-9-7-6-8-10-14/h6-10,15-17,20H,1,11-12H2,2-5H3,(H,21,22)/t15-,16-,17?/m0/s1. The number of hydrogen-bond acceptors (Lipinski definition) is 4. The van der Waals surface area contributed by atoms with E-state index < -0.39 is 6.04 Å². The maximum atomic E-state index is 12.8. The Hall–Kier alpha value is -2.01. The topological polar surface area (TPSA) is 62.9 Å². The zero-order chi connectivity index (χ0) is 17.7. The van der Waals surface area contributed by atoms with Crippen LogP contribution >= 0.6 is 0 Å². The largest absolute Gasteiger partial charge is 0.483 e. The molecular formula is C19H28N2O3. The molecule has 1 aliphatic heterocycles. The summed E-state index contributed by atoms with van der Waals surface area (Å²) >= 11 is 0. The molecule has 0 aliphatic carbocycles. The molecule has 0 aromatic heterocycles. The van der Waals surface area contributed by atoms with Gasteiger partial charge in [-0.15, -0.1) is 0 Å². The Morgan fingerprint density at radius 1 is 1.33 bits per heavy atom. The molecule has 1 aromatic carbocycles. The summed E-state index contributed by atoms with van der Waals surface area (Å²) in [4.78, 5) is 12.8. The van der Waals surface area contributed by atoms with Crippen molar-refractivity contribution in [2.75, 3.05) is 13.7 Å². The van der Waals surface area contributed by atoms with Gasteiger partial charge in [-0.2, -0.15) is 0 Å². The fourth-order valence-electron chi connectivity index (χ4n) is 2.59. The van der Waals surface area contributed by atoms with Crippen LogP contribution < -0.4 is 10.6 Å². The van der Waals surface area contributed by atoms with Gasteiger partial charge in [0.05, 0.1) is 19.8 Å². The van der Waals surface area contributed by atoms with Gasteiger partial charge in [0.25, 0.3) is 0 Å². The number of amides is 1. The third-order valence-corrected chi connectivity index (χ3v) is 4.11. The molecule has 1 amide bonds. The molecule has 5 heteroatoms. The first-order valence-corrected chi connectivity index (χ1v) is 8.26. The van der Waals surface area contributed by atoms with E-state index in [1.54, 1.807) is 0 Å². The number of carbonyl (C=O) groups is 1. The van der Waals surface area contributed by atoms with Crippen LogP contribution in [0.5, 0.6) is 0 Å². The SMILES string of the molecule is C=C(NC(C(=O)N[C@@H](Cc1ccccc1)[C@@H]1CO1)C(C)(C)C)OC. The fourth-order valence-corrected chi connectivity index (χ4v) is 2.59. The van der Waals surface area contributed by atoms with Crippen LogP contribution in [-0.2, 0) is 20.7 Å². The molecule has 2 rings (SSSR count). The third kappa shape index (κ3) is 5.27. The van der Waals surface area contributed by atoms with Crippen LogP contribution in [-0.4, -0.2) is 37.8 Å². The van der Waals surface area contributed by atoms with Gasteiger partial charge in [-0.05, 0) is 24.0 Å². The van der Waals surface area contributed by atoms with E-state index in [1.165, 1.54) is 12.7 Å². The molecule has 3 atom stereocenters. The van der Waals surface area contributed by atoms with Crippen molar-refractivity contribution in [3.63, 3.8) is 0 Å². The van der Waals surface area contributed by atoms with E-state index >= 15 is 0 Å². The van der Waals surface area contributed by atoms with Gasteiger partial charge < -0.3 is 20.1 Å². The molecule has 0 bridgehead atoms. The summed E-state index contributed by atoms with van der Waals surface area (Å²) in [5, 5.41) is 6.21. The summed E-state index contributed by atoms with van der Waals surface area (Å²) in [6.45, 7) is 10.5. The Morgan fingerprint density at radius 3 is 2.46 bits per heavy atom. The lowest BCUT2D eigenvalue weighted by Crippen LogP contribution is -2.55. The van der Waals surface area contributed by atoms with Crippen molar-refractivity contribution >= 4 is 5.91 Å². The highest BCUT2D eigenvalue weighted by atomic mass is 16.6. The minimum absolute atomic E-state index is 0.0395. The second-order valence-electron chi connectivity index (χ2n) is 7.25. The number of rotatable bonds is 8. The quantitative estimate of drug-likeness (QED) is 0.566. The number of benzene rings is 1. The summed E-state index contributed by atoms with van der Waals surface area (Å²) < 4.78 is 10.5. The van der Waals surface area contributed by atoms with Crippen LogP contribution in [0.4, 0.5) is 0 Å². The smallest absolute Gasteiger partial charge is 0.243 e. The Kier molecular flexibility index (Phi) is 5.89. The van der Waals surface area contributed by atoms with Crippen molar-refractivity contribution in [1.82, 2.24) is 10.6 Å². The lowest BCUT2D eigenvalue weighted by atomic mass is 9.85. The van der Waals surface area contributed by atoms with Crippen molar-refractivity contribution in [2.45, 2.75) is 45.4 Å². The van der Waals surface area contributed by atoms with E-state index in [-0.39, 0.29) is 23.5 Å². The molecule has 1 aromatic rings. The highest BCUT2D eigenvalue weighted by molar-refractivity contribution is 5.83. The molecule has 0 saturated carbocycles. The van der Waals surface area contributed by atoms with Crippen molar-refractivity contribution in [1.29, 1.82) is 0 Å². The summed E-state index contributed by atoms with van der Waals surface area (Å²) in [6, 6.07) is 9.64. The second-order valence-corrected chi connectivity index (χ2v) is 7.25. The summed E-state index contributed by atoms with van der Waals surface area (Å²) in [5.74, 6) is 0.310. The zero-order valence-electron chi connectivity index (χ0n) is 15.0. The number of methoxy groups -OCH3 is 1. The van der Waals surface area contributed by atoms with Crippen LogP contribution in [0.25, 0.3) is 0 Å². The summed E-state index contributed by atoms with van der Waals surface area (Å²) in [7, 11) is 1.53. The Balaban J connectivity index is 2.06. The van der Waals surface area contributed by atoms with E-state index in [0.717, 1.165) is 6.42 Å². The van der Waals surface area contributed by atoms with E-state index in [0.29, 0.717) is 12.5 Å². The predicted octanol–water partition coefficient (Wildman–Crippen LogP) is 2.23. The number of epoxide rings is 1. The van der Waals surface area contributed by atoms with Crippen LogP contribution in [0.3, 0.4) is 0 Å². The van der Waals surface area contributed by atoms with E-state index in [2.05, 4.69) is 29.3 Å². The molecule has 1 fully saturated rings. The number of nitrogens with one attached hydrogen (secondary N) is 2. The molecule has 1 aliphatic rings. The first-order chi connectivity index (χ1) is 11.3. The lowest BCUT2D eigenvalue weighted by molar-refractivity contribution is -0.126. The number of hydrogen-bond donors (Lipinski definition) is 2. The van der Waals surface area contributed by atoms with E-state index in [1.807, 2.05) is 39.0 Å². The molecule has 0 radical (unpaired) electrons. The van der Waals surface area contributed by atoms with Gasteiger partial charge in [-0.3, -0.25) is 4.79 Å². The predicted molar refractivity (Wildman–Crippen MR) is 94.3 cm³/mol. The monoisotopic (exact) mass is 332 g/mol. The Morgan fingerprint density at radius 2 is 1.96 bits per heavy atom. The van der Waals surface area contributed by atoms with Crippen LogP contribution in [0, 0.1) is 5.41 Å². The van der Waals surface area contributed by atoms with Gasteiger partial charge in [-0.25, -0.2) is 0 Å². The average molecular weight is 332 g/mol. The second kappa shape index (κ2) is 7.71. The van der Waals surface area contributed by atoms with Crippen molar-refractivity contribution in [3.8, 4) is 0 Å². The molecule has 1 unspecified atom stereocenters. The maximum Gasteiger partial charge on any atom is 0.243 e. The maximum absolute atomic E-state index is 12.8. The van der Waals surface area contributed by atoms with Gasteiger partial charge >= 0.3 is 0 Å². The Bertz CT molecular complexity index is 562. The van der Waals surface area contributed by atoms with Crippen LogP contribution in [0.2, 0.25) is 0 Å². The summed E-state index contributed by atoms with van der Waals surface area (Å²) in [5.41, 5.74) is 0.896. The summed E-state index contributed by atoms with van der Waals surface area (Å²) in [6.07, 6.45) is 0.833. The highest BCUT2D eigenvalue weighted by Crippen LogP contribution is 2.23. The number of carbonyl (C=O) groups excluding carboxylic acids is 1. The van der Waals surface area contributed by atoms with Crippen LogP contribution in [0.1, 0.15) is 26.3 Å². The van der Waals surface area contributed by atoms with Crippen molar-refractivity contribution in [2.24, 2.45) is 5.41 Å². The first kappa shape index (κ1) is 18.3. The van der Waals surface area contributed by atoms with Crippen molar-refractivity contribution < 1.29 is 14.3 Å². The van der Waals surface area contributed by atoms with Gasteiger partial charge in [-0.1, -0.05) is 51.1 Å². The molecular weight excluding hydrogens is 304 g/mol. The van der Waals surface area contributed by atoms with Crippen molar-refractivity contribution in [3.05, 3.63) is 48.4 Å². The first-order valence-electron chi connectivity index (χ1n) is 8.26. The Labute approximate surface area is 144 Å². The van der Waals surface area contributed by atoms with Gasteiger partial charge in [0.2, 0.25) is 5.91 Å². The zero-order valence-corrected chi connectivity index (χ0v) is 15.0. The molecule has 0 spiro atoms. The lowest BCUT2D eigenvalue weighted by Gasteiger charge is -2.32. The third-order valence-electron chi connectivity index (χ3n) is 4.11. The van der Waals surface area contributed by atoms with Gasteiger partial charge in [0, 0.05) is 0 Å². The fraction of sp³-hybridized carbons (Fsp3) is 0.526. The number of ether oxygens (including phenoxy) is 2. The normalized spacial score (nSPS) is 19.1. The molecule has 2 N–H and O–H groups in total. The van der Waals surface area contributed by atoms with Gasteiger partial charge in [0.1, 0.15) is 12.1 Å². The van der Waals surface area contributed by atoms with E-state index in [9.17, 15) is 4.79 Å². The molecule has 1 heterocycles. The minimum Gasteiger partial charge on any atom is -0.483 e. The van der Waals surface area contributed by atoms with E-state index in [4.69, 9.17) is 9.47 Å². The highest BCUT2D eigenvalue weighted by Gasteiger charge is 2.38. The molecule has 5 nitrogen and oxygen atoms in total. The van der Waals surface area contributed by atoms with Crippen LogP contribution in [0.15, 0.2) is 42.8 Å². The van der Waals surface area contributed by atoms with Gasteiger partial charge in [0.15, 0.2) is 5.88 Å². The molecule has 24 heavy (non-hydrogen) atoms. The molecule has 1 saturated heterocycles. The molecule has 132 valence electrons. The minimum atomic E-state index is -0.443. The average Bonchev–Trinajstić information content (AvgIpc) is 3.36.